The van der Waals surface area contributed by atoms with Crippen molar-refractivity contribution in [1.29, 1.82) is 0 Å². The van der Waals surface area contributed by atoms with Gasteiger partial charge in [-0.25, -0.2) is 4.98 Å². The fourth-order valence-corrected chi connectivity index (χ4v) is 1.74. The standard InChI is InChI=1S/C12H12N4O/c1-2-4-11-9(3-1)5-10(17-11)6-13-7-12-14-8-15-16-12/h1-5,8,13H,6-7H2,(H,14,15,16). The second kappa shape index (κ2) is 4.39. The third kappa shape index (κ3) is 2.19. The van der Waals surface area contributed by atoms with Crippen LogP contribution < -0.4 is 5.32 Å². The van der Waals surface area contributed by atoms with Gasteiger partial charge in [0.1, 0.15) is 23.5 Å². The van der Waals surface area contributed by atoms with E-state index >= 15 is 0 Å². The predicted octanol–water partition coefficient (Wildman–Crippen LogP) is 1.84. The van der Waals surface area contributed by atoms with Crippen molar-refractivity contribution in [1.82, 2.24) is 20.5 Å². The summed E-state index contributed by atoms with van der Waals surface area (Å²) in [4.78, 5) is 4.03. The number of para-hydroxylation sites is 1. The molecule has 0 spiro atoms. The second-order valence-electron chi connectivity index (χ2n) is 3.79. The lowest BCUT2D eigenvalue weighted by Crippen LogP contribution is -2.13. The van der Waals surface area contributed by atoms with Crippen molar-refractivity contribution in [3.05, 3.63) is 48.2 Å². The van der Waals surface area contributed by atoms with E-state index in [2.05, 4.69) is 20.5 Å². The fraction of sp³-hybridized carbons (Fsp3) is 0.167. The Hall–Kier alpha value is -2.14. The number of aromatic nitrogens is 3. The Kier molecular flexibility index (Phi) is 2.59. The molecular weight excluding hydrogens is 216 g/mol. The average Bonchev–Trinajstić information content (AvgIpc) is 2.96. The van der Waals surface area contributed by atoms with Crippen molar-refractivity contribution in [2.45, 2.75) is 13.1 Å². The van der Waals surface area contributed by atoms with Crippen LogP contribution >= 0.6 is 0 Å². The van der Waals surface area contributed by atoms with Crippen molar-refractivity contribution in [3.63, 3.8) is 0 Å². The van der Waals surface area contributed by atoms with Crippen molar-refractivity contribution in [3.8, 4) is 0 Å². The van der Waals surface area contributed by atoms with Gasteiger partial charge in [-0.05, 0) is 12.1 Å². The summed E-state index contributed by atoms with van der Waals surface area (Å²) in [5, 5.41) is 10.9. The van der Waals surface area contributed by atoms with Crippen LogP contribution in [-0.4, -0.2) is 15.2 Å². The molecule has 17 heavy (non-hydrogen) atoms. The highest BCUT2D eigenvalue weighted by molar-refractivity contribution is 5.77. The summed E-state index contributed by atoms with van der Waals surface area (Å²) in [6.07, 6.45) is 1.50. The van der Waals surface area contributed by atoms with E-state index in [-0.39, 0.29) is 0 Å². The molecule has 2 heterocycles. The zero-order valence-electron chi connectivity index (χ0n) is 9.18. The predicted molar refractivity (Wildman–Crippen MR) is 63.1 cm³/mol. The molecule has 2 N–H and O–H groups in total. The molecule has 0 fully saturated rings. The van der Waals surface area contributed by atoms with Crippen LogP contribution in [0.3, 0.4) is 0 Å². The summed E-state index contributed by atoms with van der Waals surface area (Å²) in [5.41, 5.74) is 0.920. The van der Waals surface area contributed by atoms with Crippen LogP contribution in [0.5, 0.6) is 0 Å². The highest BCUT2D eigenvalue weighted by Crippen LogP contribution is 2.18. The van der Waals surface area contributed by atoms with E-state index in [1.54, 1.807) is 0 Å². The van der Waals surface area contributed by atoms with Crippen LogP contribution in [0, 0.1) is 0 Å². The first-order valence-electron chi connectivity index (χ1n) is 5.44. The van der Waals surface area contributed by atoms with E-state index in [1.165, 1.54) is 6.33 Å². The topological polar surface area (TPSA) is 66.7 Å². The number of hydrogen-bond donors (Lipinski definition) is 2. The van der Waals surface area contributed by atoms with Gasteiger partial charge in [-0.15, -0.1) is 0 Å². The molecule has 0 atom stereocenters. The molecule has 0 saturated carbocycles. The smallest absolute Gasteiger partial charge is 0.138 e. The number of nitrogens with one attached hydrogen (secondary N) is 2. The van der Waals surface area contributed by atoms with Gasteiger partial charge in [0, 0.05) is 5.39 Å². The van der Waals surface area contributed by atoms with Gasteiger partial charge in [0.15, 0.2) is 0 Å². The number of H-pyrrole nitrogens is 1. The van der Waals surface area contributed by atoms with E-state index in [0.29, 0.717) is 13.1 Å². The number of aromatic amines is 1. The van der Waals surface area contributed by atoms with Crippen LogP contribution in [0.4, 0.5) is 0 Å². The first-order chi connectivity index (χ1) is 8.42. The maximum Gasteiger partial charge on any atom is 0.138 e. The molecule has 0 unspecified atom stereocenters. The third-order valence-corrected chi connectivity index (χ3v) is 2.53. The highest BCUT2D eigenvalue weighted by Gasteiger charge is 2.02. The highest BCUT2D eigenvalue weighted by atomic mass is 16.3. The molecule has 0 bridgehead atoms. The third-order valence-electron chi connectivity index (χ3n) is 2.53. The molecular formula is C12H12N4O. The quantitative estimate of drug-likeness (QED) is 0.715. The SMILES string of the molecule is c1ccc2oc(CNCc3ncn[nH]3)cc2c1. The van der Waals surface area contributed by atoms with Gasteiger partial charge >= 0.3 is 0 Å². The maximum atomic E-state index is 5.68. The summed E-state index contributed by atoms with van der Waals surface area (Å²) < 4.78 is 5.68. The van der Waals surface area contributed by atoms with E-state index in [1.807, 2.05) is 30.3 Å². The van der Waals surface area contributed by atoms with Crippen molar-refractivity contribution in [2.75, 3.05) is 0 Å². The number of nitrogens with zero attached hydrogens (tertiary/aromatic N) is 2. The normalized spacial score (nSPS) is 11.1. The molecule has 3 rings (SSSR count). The van der Waals surface area contributed by atoms with E-state index in [4.69, 9.17) is 4.42 Å². The van der Waals surface area contributed by atoms with Crippen LogP contribution in [0.15, 0.2) is 41.1 Å². The summed E-state index contributed by atoms with van der Waals surface area (Å²) in [7, 11) is 0. The minimum atomic E-state index is 0.650. The number of hydrogen-bond acceptors (Lipinski definition) is 4. The molecule has 1 aromatic carbocycles. The average molecular weight is 228 g/mol. The number of benzene rings is 1. The molecule has 5 heteroatoms. The Bertz CT molecular complexity index is 567. The summed E-state index contributed by atoms with van der Waals surface area (Å²) in [5.74, 6) is 1.74. The molecule has 5 nitrogen and oxygen atoms in total. The van der Waals surface area contributed by atoms with Gasteiger partial charge in [-0.2, -0.15) is 5.10 Å². The van der Waals surface area contributed by atoms with Crippen LogP contribution in [-0.2, 0) is 13.1 Å². The monoisotopic (exact) mass is 228 g/mol. The second-order valence-corrected chi connectivity index (χ2v) is 3.79. The number of furan rings is 1. The zero-order chi connectivity index (χ0) is 11.5. The van der Waals surface area contributed by atoms with Gasteiger partial charge in [-0.1, -0.05) is 18.2 Å². The van der Waals surface area contributed by atoms with Gasteiger partial charge < -0.3 is 9.73 Å². The Labute approximate surface area is 97.9 Å². The Morgan fingerprint density at radius 3 is 3.00 bits per heavy atom. The number of rotatable bonds is 4. The van der Waals surface area contributed by atoms with Crippen molar-refractivity contribution in [2.24, 2.45) is 0 Å². The Balaban J connectivity index is 1.65. The van der Waals surface area contributed by atoms with E-state index < -0.39 is 0 Å². The summed E-state index contributed by atoms with van der Waals surface area (Å²) in [6.45, 7) is 1.33. The molecule has 0 aliphatic rings. The van der Waals surface area contributed by atoms with Crippen LogP contribution in [0.25, 0.3) is 11.0 Å². The van der Waals surface area contributed by atoms with Gasteiger partial charge in [0.25, 0.3) is 0 Å². The van der Waals surface area contributed by atoms with Crippen LogP contribution in [0.2, 0.25) is 0 Å². The lowest BCUT2D eigenvalue weighted by atomic mass is 10.2. The molecule has 0 aliphatic heterocycles. The Morgan fingerprint density at radius 2 is 2.18 bits per heavy atom. The number of fused-ring (bicyclic) bond motifs is 1. The molecule has 2 aromatic heterocycles. The van der Waals surface area contributed by atoms with Gasteiger partial charge in [0.05, 0.1) is 13.1 Å². The minimum Gasteiger partial charge on any atom is -0.460 e. The van der Waals surface area contributed by atoms with Gasteiger partial charge in [-0.3, -0.25) is 5.10 Å². The first-order valence-corrected chi connectivity index (χ1v) is 5.44. The molecule has 0 aliphatic carbocycles. The van der Waals surface area contributed by atoms with Crippen molar-refractivity contribution >= 4 is 11.0 Å². The van der Waals surface area contributed by atoms with E-state index in [0.717, 1.165) is 22.6 Å². The lowest BCUT2D eigenvalue weighted by molar-refractivity contribution is 0.510. The molecule has 3 aromatic rings. The lowest BCUT2D eigenvalue weighted by Gasteiger charge is -1.98. The maximum absolute atomic E-state index is 5.68. The van der Waals surface area contributed by atoms with Crippen molar-refractivity contribution < 1.29 is 4.42 Å². The molecule has 86 valence electrons. The summed E-state index contributed by atoms with van der Waals surface area (Å²) >= 11 is 0. The fourth-order valence-electron chi connectivity index (χ4n) is 1.74. The molecule has 0 saturated heterocycles. The van der Waals surface area contributed by atoms with E-state index in [9.17, 15) is 0 Å². The zero-order valence-corrected chi connectivity index (χ0v) is 9.18. The first kappa shape index (κ1) is 10.0. The Morgan fingerprint density at radius 1 is 1.24 bits per heavy atom. The largest absolute Gasteiger partial charge is 0.460 e. The molecule has 0 radical (unpaired) electrons. The van der Waals surface area contributed by atoms with Gasteiger partial charge in [0.2, 0.25) is 0 Å². The minimum absolute atomic E-state index is 0.650. The van der Waals surface area contributed by atoms with Crippen LogP contribution in [0.1, 0.15) is 11.6 Å². The molecule has 0 amide bonds. The summed E-state index contributed by atoms with van der Waals surface area (Å²) in [6, 6.07) is 10.0.